The normalized spacial score (nSPS) is 28.8. The van der Waals surface area contributed by atoms with E-state index in [1.807, 2.05) is 0 Å². The minimum atomic E-state index is -1.37. The number of rotatable bonds is 5. The molecule has 4 aliphatic carbocycles. The summed E-state index contributed by atoms with van der Waals surface area (Å²) in [5.41, 5.74) is 0.922. The number of carboxylic acids is 1. The summed E-state index contributed by atoms with van der Waals surface area (Å²) in [5.74, 6) is 0.889. The molecule has 4 aliphatic rings. The van der Waals surface area contributed by atoms with Crippen molar-refractivity contribution in [3.05, 3.63) is 39.5 Å². The molecule has 4 bridgehead atoms. The summed E-state index contributed by atoms with van der Waals surface area (Å²) >= 11 is 12.3. The van der Waals surface area contributed by atoms with Crippen molar-refractivity contribution >= 4 is 52.1 Å². The second-order valence-electron chi connectivity index (χ2n) is 9.48. The number of carbonyl (C=O) groups excluding carboxylic acids is 2. The van der Waals surface area contributed by atoms with Crippen LogP contribution in [-0.2, 0) is 4.79 Å². The fraction of sp³-hybridized carbons (Fsp3) is 0.478. The average Bonchev–Trinajstić information content (AvgIpc) is 3.02. The van der Waals surface area contributed by atoms with Crippen LogP contribution in [0.5, 0.6) is 0 Å². The third-order valence-corrected chi connectivity index (χ3v) is 7.78. The number of nitrogens with one attached hydrogen (secondary N) is 2. The molecule has 1 aromatic heterocycles. The summed E-state index contributed by atoms with van der Waals surface area (Å²) in [4.78, 5) is 26.9. The van der Waals surface area contributed by atoms with Gasteiger partial charge in [-0.3, -0.25) is 4.79 Å². The second kappa shape index (κ2) is 8.75. The molecule has 0 saturated heterocycles. The van der Waals surface area contributed by atoms with E-state index < -0.39 is 5.97 Å². The first-order chi connectivity index (χ1) is 14.3. The van der Waals surface area contributed by atoms with Crippen LogP contribution in [0.2, 0.25) is 10.0 Å². The van der Waals surface area contributed by atoms with Gasteiger partial charge in [-0.15, -0.1) is 0 Å². The summed E-state index contributed by atoms with van der Waals surface area (Å²) in [7, 11) is 0. The van der Waals surface area contributed by atoms with Gasteiger partial charge >= 0.3 is 29.6 Å². The zero-order valence-electron chi connectivity index (χ0n) is 17.5. The van der Waals surface area contributed by atoms with Crippen LogP contribution in [0.4, 0.5) is 0 Å². The fourth-order valence-corrected chi connectivity index (χ4v) is 7.19. The van der Waals surface area contributed by atoms with E-state index in [1.165, 1.54) is 50.7 Å². The number of H-pyrrole nitrogens is 1. The molecule has 158 valence electrons. The minimum absolute atomic E-state index is 0. The fourth-order valence-electron chi connectivity index (χ4n) is 6.60. The van der Waals surface area contributed by atoms with Crippen molar-refractivity contribution in [2.75, 3.05) is 6.54 Å². The summed E-state index contributed by atoms with van der Waals surface area (Å²) < 4.78 is 0. The SMILES string of the molecule is O=C(/C=C/c1c(C(=O)[O-])[nH]c2cc(Cl)cc(Cl)c12)NCC12CC3CC(CC(C3)C1)C2.[Na+]. The molecule has 1 heterocycles. The van der Waals surface area contributed by atoms with E-state index in [9.17, 15) is 14.7 Å². The van der Waals surface area contributed by atoms with Crippen LogP contribution in [0.15, 0.2) is 18.2 Å². The van der Waals surface area contributed by atoms with Crippen LogP contribution in [-0.4, -0.2) is 23.4 Å². The Morgan fingerprint density at radius 2 is 1.74 bits per heavy atom. The number of aromatic amines is 1. The van der Waals surface area contributed by atoms with Gasteiger partial charge in [0.15, 0.2) is 0 Å². The number of halogens is 2. The van der Waals surface area contributed by atoms with Crippen molar-refractivity contribution in [1.82, 2.24) is 10.3 Å². The zero-order chi connectivity index (χ0) is 21.0. The standard InChI is InChI=1S/C23H24Cl2N2O3.Na/c24-15-6-17(25)20-16(21(22(29)30)27-18(20)7-15)1-2-19(28)26-11-23-8-12-3-13(9-23)5-14(4-12)10-23;/h1-2,6-7,12-14,27H,3-5,8-11H2,(H,26,28)(H,29,30);/q;+1/p-1/b2-1+;. The van der Waals surface area contributed by atoms with Gasteiger partial charge in [-0.2, -0.15) is 0 Å². The van der Waals surface area contributed by atoms with E-state index >= 15 is 0 Å². The van der Waals surface area contributed by atoms with Crippen LogP contribution in [0, 0.1) is 23.2 Å². The molecule has 2 N–H and O–H groups in total. The van der Waals surface area contributed by atoms with Gasteiger partial charge in [0.1, 0.15) is 0 Å². The monoisotopic (exact) mass is 468 g/mol. The van der Waals surface area contributed by atoms with Crippen molar-refractivity contribution in [1.29, 1.82) is 0 Å². The average molecular weight is 469 g/mol. The molecular formula is C23H23Cl2N2NaO3. The molecule has 8 heteroatoms. The molecule has 0 radical (unpaired) electrons. The molecule has 6 rings (SSSR count). The zero-order valence-corrected chi connectivity index (χ0v) is 21.0. The smallest absolute Gasteiger partial charge is 0.543 e. The molecule has 0 atom stereocenters. The van der Waals surface area contributed by atoms with Crippen LogP contribution < -0.4 is 40.0 Å². The van der Waals surface area contributed by atoms with Crippen molar-refractivity contribution in [3.8, 4) is 0 Å². The van der Waals surface area contributed by atoms with Crippen molar-refractivity contribution in [2.24, 2.45) is 23.2 Å². The molecule has 1 aromatic carbocycles. The van der Waals surface area contributed by atoms with Gasteiger partial charge < -0.3 is 20.2 Å². The molecule has 0 unspecified atom stereocenters. The quantitative estimate of drug-likeness (QED) is 0.510. The Morgan fingerprint density at radius 1 is 1.13 bits per heavy atom. The Hall–Kier alpha value is -0.980. The molecule has 4 fully saturated rings. The Bertz CT molecular complexity index is 1040. The number of aromatic nitrogens is 1. The molecule has 1 amide bonds. The first-order valence-corrected chi connectivity index (χ1v) is 11.3. The summed E-state index contributed by atoms with van der Waals surface area (Å²) in [6, 6.07) is 3.14. The number of carboxylic acid groups (broad SMARTS) is 1. The van der Waals surface area contributed by atoms with E-state index in [-0.39, 0.29) is 46.6 Å². The van der Waals surface area contributed by atoms with Crippen LogP contribution in [0.25, 0.3) is 17.0 Å². The van der Waals surface area contributed by atoms with Gasteiger partial charge in [0.05, 0.1) is 16.7 Å². The van der Waals surface area contributed by atoms with E-state index in [4.69, 9.17) is 23.2 Å². The first-order valence-electron chi connectivity index (χ1n) is 10.5. The predicted molar refractivity (Wildman–Crippen MR) is 115 cm³/mol. The molecule has 4 saturated carbocycles. The number of aromatic carboxylic acids is 1. The van der Waals surface area contributed by atoms with Gasteiger partial charge in [-0.1, -0.05) is 23.2 Å². The molecule has 0 aliphatic heterocycles. The first kappa shape index (κ1) is 23.2. The van der Waals surface area contributed by atoms with Crippen LogP contribution in [0.3, 0.4) is 0 Å². The maximum Gasteiger partial charge on any atom is 1.00 e. The Morgan fingerprint density at radius 3 is 2.32 bits per heavy atom. The molecule has 31 heavy (non-hydrogen) atoms. The van der Waals surface area contributed by atoms with E-state index in [0.717, 1.165) is 17.8 Å². The summed E-state index contributed by atoms with van der Waals surface area (Å²) in [5, 5.41) is 15.8. The summed E-state index contributed by atoms with van der Waals surface area (Å²) in [6.07, 6.45) is 10.6. The molecular weight excluding hydrogens is 446 g/mol. The van der Waals surface area contributed by atoms with E-state index in [2.05, 4.69) is 10.3 Å². The number of carbonyl (C=O) groups is 2. The third kappa shape index (κ3) is 4.45. The topological polar surface area (TPSA) is 85.0 Å². The predicted octanol–water partition coefficient (Wildman–Crippen LogP) is 1.19. The maximum absolute atomic E-state index is 12.6. The maximum atomic E-state index is 12.6. The third-order valence-electron chi connectivity index (χ3n) is 7.26. The number of hydrogen-bond donors (Lipinski definition) is 2. The van der Waals surface area contributed by atoms with Gasteiger partial charge in [-0.25, -0.2) is 0 Å². The van der Waals surface area contributed by atoms with Crippen LogP contribution >= 0.6 is 23.2 Å². The summed E-state index contributed by atoms with van der Waals surface area (Å²) in [6.45, 7) is 0.692. The van der Waals surface area contributed by atoms with Gasteiger partial charge in [0.25, 0.3) is 0 Å². The minimum Gasteiger partial charge on any atom is -0.543 e. The number of fused-ring (bicyclic) bond motifs is 1. The van der Waals surface area contributed by atoms with E-state index in [0.29, 0.717) is 33.1 Å². The Labute approximate surface area is 213 Å². The van der Waals surface area contributed by atoms with Gasteiger partial charge in [0, 0.05) is 34.1 Å². The second-order valence-corrected chi connectivity index (χ2v) is 10.3. The molecule has 0 spiro atoms. The van der Waals surface area contributed by atoms with Crippen molar-refractivity contribution in [3.63, 3.8) is 0 Å². The van der Waals surface area contributed by atoms with Crippen molar-refractivity contribution < 1.29 is 44.3 Å². The number of benzene rings is 1. The van der Waals surface area contributed by atoms with Gasteiger partial charge in [-0.05, 0) is 79.9 Å². The number of hydrogen-bond acceptors (Lipinski definition) is 3. The van der Waals surface area contributed by atoms with Gasteiger partial charge in [0.2, 0.25) is 5.91 Å². The van der Waals surface area contributed by atoms with E-state index in [1.54, 1.807) is 12.1 Å². The Balaban J connectivity index is 0.00000231. The molecule has 5 nitrogen and oxygen atoms in total. The number of amides is 1. The molecule has 2 aromatic rings. The van der Waals surface area contributed by atoms with Crippen molar-refractivity contribution in [2.45, 2.75) is 38.5 Å². The van der Waals surface area contributed by atoms with Crippen LogP contribution in [0.1, 0.15) is 54.6 Å². The Kier molecular flexibility index (Phi) is 6.55. The largest absolute Gasteiger partial charge is 1.00 e.